The van der Waals surface area contributed by atoms with Crippen LogP contribution in [0, 0.1) is 0 Å². The second-order valence-electron chi connectivity index (χ2n) is 5.99. The van der Waals surface area contributed by atoms with Crippen LogP contribution in [-0.2, 0) is 6.18 Å². The normalized spacial score (nSPS) is 15.3. The van der Waals surface area contributed by atoms with Gasteiger partial charge in [0.05, 0.1) is 5.56 Å². The maximum atomic E-state index is 12.9. The zero-order valence-electron chi connectivity index (χ0n) is 13.6. The van der Waals surface area contributed by atoms with Gasteiger partial charge in [0.1, 0.15) is 0 Å². The molecule has 138 valence electrons. The maximum absolute atomic E-state index is 12.9. The number of alkyl halides is 3. The van der Waals surface area contributed by atoms with Crippen molar-refractivity contribution >= 4 is 34.8 Å². The third-order valence-electron chi connectivity index (χ3n) is 4.22. The third-order valence-corrected chi connectivity index (χ3v) is 4.65. The van der Waals surface area contributed by atoms with E-state index < -0.39 is 11.7 Å². The first-order valence-electron chi connectivity index (χ1n) is 7.91. The summed E-state index contributed by atoms with van der Waals surface area (Å²) in [7, 11) is 0. The predicted molar refractivity (Wildman–Crippen MR) is 96.0 cm³/mol. The van der Waals surface area contributed by atoms with Crippen molar-refractivity contribution in [2.75, 3.05) is 31.1 Å². The number of carbonyl (C=O) groups excluding carboxylic acids is 1. The van der Waals surface area contributed by atoms with Crippen molar-refractivity contribution < 1.29 is 18.0 Å². The molecular weight excluding hydrogens is 388 g/mol. The number of nitrogens with zero attached hydrogens (tertiary/aromatic N) is 2. The molecule has 0 spiro atoms. The van der Waals surface area contributed by atoms with Gasteiger partial charge in [-0.1, -0.05) is 29.3 Å². The summed E-state index contributed by atoms with van der Waals surface area (Å²) in [4.78, 5) is 16.1. The predicted octanol–water partition coefficient (Wildman–Crippen LogP) is 4.97. The second kappa shape index (κ2) is 7.37. The van der Waals surface area contributed by atoms with Crippen molar-refractivity contribution in [1.82, 2.24) is 4.90 Å². The Labute approximate surface area is 158 Å². The number of hydrogen-bond acceptors (Lipinski definition) is 2. The molecule has 1 heterocycles. The standard InChI is InChI=1S/C18H15Cl2F3N2O/c19-14-8-12(9-15(20)11-14)17(26)25-6-4-24(5-7-25)16-3-1-2-13(10-16)18(21,22)23/h1-3,8-11H,4-7H2. The third kappa shape index (κ3) is 4.24. The summed E-state index contributed by atoms with van der Waals surface area (Å²) < 4.78 is 38.6. The van der Waals surface area contributed by atoms with Crippen molar-refractivity contribution in [3.8, 4) is 0 Å². The summed E-state index contributed by atoms with van der Waals surface area (Å²) in [5.41, 5.74) is 0.217. The van der Waals surface area contributed by atoms with Crippen molar-refractivity contribution in [2.45, 2.75) is 6.18 Å². The van der Waals surface area contributed by atoms with Crippen LogP contribution in [0.2, 0.25) is 10.0 Å². The highest BCUT2D eigenvalue weighted by molar-refractivity contribution is 6.35. The number of carbonyl (C=O) groups is 1. The van der Waals surface area contributed by atoms with Crippen LogP contribution in [0.3, 0.4) is 0 Å². The highest BCUT2D eigenvalue weighted by Crippen LogP contribution is 2.32. The lowest BCUT2D eigenvalue weighted by Gasteiger charge is -2.36. The van der Waals surface area contributed by atoms with Gasteiger partial charge in [-0.3, -0.25) is 4.79 Å². The Morgan fingerprint density at radius 2 is 1.54 bits per heavy atom. The van der Waals surface area contributed by atoms with Gasteiger partial charge < -0.3 is 9.80 Å². The average Bonchev–Trinajstić information content (AvgIpc) is 2.60. The first-order valence-corrected chi connectivity index (χ1v) is 8.67. The van der Waals surface area contributed by atoms with E-state index in [1.807, 2.05) is 4.90 Å². The van der Waals surface area contributed by atoms with Gasteiger partial charge in [-0.15, -0.1) is 0 Å². The Kier molecular flexibility index (Phi) is 5.34. The highest BCUT2D eigenvalue weighted by Gasteiger charge is 2.31. The largest absolute Gasteiger partial charge is 0.416 e. The molecule has 0 bridgehead atoms. The van der Waals surface area contributed by atoms with Gasteiger partial charge in [-0.25, -0.2) is 0 Å². The lowest BCUT2D eigenvalue weighted by atomic mass is 10.1. The summed E-state index contributed by atoms with van der Waals surface area (Å²) in [6.45, 7) is 1.70. The van der Waals surface area contributed by atoms with E-state index in [1.54, 1.807) is 29.2 Å². The average molecular weight is 403 g/mol. The fraction of sp³-hybridized carbons (Fsp3) is 0.278. The second-order valence-corrected chi connectivity index (χ2v) is 6.86. The minimum Gasteiger partial charge on any atom is -0.368 e. The molecule has 8 heteroatoms. The van der Waals surface area contributed by atoms with Gasteiger partial charge in [0.2, 0.25) is 0 Å². The van der Waals surface area contributed by atoms with Gasteiger partial charge in [-0.2, -0.15) is 13.2 Å². The Bertz CT molecular complexity index is 798. The number of benzene rings is 2. The molecule has 0 N–H and O–H groups in total. The van der Waals surface area contributed by atoms with Crippen molar-refractivity contribution in [1.29, 1.82) is 0 Å². The van der Waals surface area contributed by atoms with Crippen LogP contribution >= 0.6 is 23.2 Å². The fourth-order valence-corrected chi connectivity index (χ4v) is 3.43. The molecular formula is C18H15Cl2F3N2O. The van der Waals surface area contributed by atoms with E-state index in [0.29, 0.717) is 47.5 Å². The molecule has 0 aromatic heterocycles. The quantitative estimate of drug-likeness (QED) is 0.707. The van der Waals surface area contributed by atoms with Crippen LogP contribution in [0.25, 0.3) is 0 Å². The first kappa shape index (κ1) is 18.9. The summed E-state index contributed by atoms with van der Waals surface area (Å²) in [6, 6.07) is 9.86. The molecule has 2 aromatic rings. The molecule has 1 fully saturated rings. The summed E-state index contributed by atoms with van der Waals surface area (Å²) in [5, 5.41) is 0.756. The number of piperazine rings is 1. The molecule has 0 saturated carbocycles. The van der Waals surface area contributed by atoms with Crippen LogP contribution < -0.4 is 4.90 Å². The lowest BCUT2D eigenvalue weighted by molar-refractivity contribution is -0.137. The number of anilines is 1. The van der Waals surface area contributed by atoms with Crippen LogP contribution in [-0.4, -0.2) is 37.0 Å². The summed E-state index contributed by atoms with van der Waals surface area (Å²) >= 11 is 11.9. The van der Waals surface area contributed by atoms with Crippen molar-refractivity contribution in [2.24, 2.45) is 0 Å². The van der Waals surface area contributed by atoms with E-state index in [1.165, 1.54) is 6.07 Å². The number of hydrogen-bond donors (Lipinski definition) is 0. The molecule has 3 rings (SSSR count). The number of rotatable bonds is 2. The Morgan fingerprint density at radius 3 is 2.12 bits per heavy atom. The topological polar surface area (TPSA) is 23.6 Å². The zero-order chi connectivity index (χ0) is 18.9. The first-order chi connectivity index (χ1) is 12.2. The van der Waals surface area contributed by atoms with E-state index >= 15 is 0 Å². The molecule has 1 aliphatic rings. The SMILES string of the molecule is O=C(c1cc(Cl)cc(Cl)c1)N1CCN(c2cccc(C(F)(F)F)c2)CC1. The molecule has 3 nitrogen and oxygen atoms in total. The maximum Gasteiger partial charge on any atom is 0.416 e. The van der Waals surface area contributed by atoms with Crippen LogP contribution in [0.15, 0.2) is 42.5 Å². The van der Waals surface area contributed by atoms with E-state index in [0.717, 1.165) is 12.1 Å². The van der Waals surface area contributed by atoms with E-state index in [2.05, 4.69) is 0 Å². The highest BCUT2D eigenvalue weighted by atomic mass is 35.5. The van der Waals surface area contributed by atoms with Gasteiger partial charge >= 0.3 is 6.18 Å². The Morgan fingerprint density at radius 1 is 0.923 bits per heavy atom. The van der Waals surface area contributed by atoms with Crippen LogP contribution in [0.1, 0.15) is 15.9 Å². The summed E-state index contributed by atoms with van der Waals surface area (Å²) in [5.74, 6) is -0.196. The van der Waals surface area contributed by atoms with E-state index in [9.17, 15) is 18.0 Å². The molecule has 0 unspecified atom stereocenters. The van der Waals surface area contributed by atoms with Gasteiger partial charge in [-0.05, 0) is 36.4 Å². The van der Waals surface area contributed by atoms with Crippen LogP contribution in [0.4, 0.5) is 18.9 Å². The zero-order valence-corrected chi connectivity index (χ0v) is 15.1. The molecule has 1 aliphatic heterocycles. The smallest absolute Gasteiger partial charge is 0.368 e. The molecule has 2 aromatic carbocycles. The van der Waals surface area contributed by atoms with Gasteiger partial charge in [0.25, 0.3) is 5.91 Å². The monoisotopic (exact) mass is 402 g/mol. The molecule has 1 saturated heterocycles. The Balaban J connectivity index is 1.68. The van der Waals surface area contributed by atoms with Crippen LogP contribution in [0.5, 0.6) is 0 Å². The number of halogens is 5. The van der Waals surface area contributed by atoms with Gasteiger partial charge in [0.15, 0.2) is 0 Å². The molecule has 0 atom stereocenters. The van der Waals surface area contributed by atoms with E-state index in [-0.39, 0.29) is 5.91 Å². The lowest BCUT2D eigenvalue weighted by Crippen LogP contribution is -2.48. The van der Waals surface area contributed by atoms with Crippen molar-refractivity contribution in [3.63, 3.8) is 0 Å². The molecule has 26 heavy (non-hydrogen) atoms. The molecule has 1 amide bonds. The summed E-state index contributed by atoms with van der Waals surface area (Å²) in [6.07, 6.45) is -4.38. The van der Waals surface area contributed by atoms with Gasteiger partial charge in [0, 0.05) is 47.5 Å². The minimum atomic E-state index is -4.38. The number of amides is 1. The Hall–Kier alpha value is -1.92. The minimum absolute atomic E-state index is 0.196. The van der Waals surface area contributed by atoms with E-state index in [4.69, 9.17) is 23.2 Å². The molecule has 0 aliphatic carbocycles. The van der Waals surface area contributed by atoms with Crippen molar-refractivity contribution in [3.05, 3.63) is 63.6 Å². The molecule has 0 radical (unpaired) electrons. The fourth-order valence-electron chi connectivity index (χ4n) is 2.91.